The minimum Gasteiger partial charge on any atom is -0.779 e. The fourth-order valence-corrected chi connectivity index (χ4v) is 11.6. The van der Waals surface area contributed by atoms with Crippen molar-refractivity contribution in [1.82, 2.24) is 0 Å². The number of rotatable bonds is 39. The molecular weight excluding hydrogens is 1550 g/mol. The Morgan fingerprint density at radius 3 is 0.455 bits per heavy atom. The molecule has 0 amide bonds. The molecule has 33 nitrogen and oxygen atoms in total. The molecule has 0 bridgehead atoms. The van der Waals surface area contributed by atoms with Crippen LogP contribution in [0.15, 0.2) is 0 Å². The maximum atomic E-state index is 10.7. The third-order valence-electron chi connectivity index (χ3n) is 8.70. The minimum absolute atomic E-state index is 0.278. The van der Waals surface area contributed by atoms with Crippen LogP contribution in [-0.2, 0) is 95.5 Å². The van der Waals surface area contributed by atoms with E-state index in [1.165, 1.54) is 27.1 Å². The Morgan fingerprint density at radius 1 is 0.222 bits per heavy atom. The molecule has 0 aromatic carbocycles. The molecule has 0 aliphatic heterocycles. The van der Waals surface area contributed by atoms with Crippen LogP contribution in [0.25, 0.3) is 0 Å². The van der Waals surface area contributed by atoms with E-state index < -0.39 is 90.5 Å². The van der Waals surface area contributed by atoms with Gasteiger partial charge < -0.3 is 136 Å². The maximum Gasteiger partial charge on any atom is 0.327 e. The highest BCUT2D eigenvalue weighted by Crippen LogP contribution is 2.42. The number of hydrogen-bond donors (Lipinski definition) is 4. The van der Waals surface area contributed by atoms with Gasteiger partial charge in [0.2, 0.25) is 0 Å². The van der Waals surface area contributed by atoms with Crippen LogP contribution in [0, 0.1) is 0 Å². The van der Waals surface area contributed by atoms with Crippen LogP contribution in [0.3, 0.4) is 0 Å². The molecule has 0 spiro atoms. The average molecular weight is 1690 g/mol. The Balaban J connectivity index is -0.0000000835. The van der Waals surface area contributed by atoms with E-state index >= 15 is 0 Å². The van der Waals surface area contributed by atoms with Crippen molar-refractivity contribution in [3.8, 4) is 0 Å². The van der Waals surface area contributed by atoms with E-state index in [-0.39, 0.29) is 6.16 Å². The molecule has 0 rings (SSSR count). The highest BCUT2D eigenvalue weighted by molar-refractivity contribution is 7.58. The molecule has 618 valence electrons. The molecule has 0 saturated carbocycles. The summed E-state index contributed by atoms with van der Waals surface area (Å²) in [7, 11) is -37.5. The van der Waals surface area contributed by atoms with Crippen molar-refractivity contribution in [2.75, 3.05) is 158 Å². The Bertz CT molecular complexity index is 2040. The second kappa shape index (κ2) is 76.7. The molecule has 0 fully saturated rings. The van der Waals surface area contributed by atoms with Crippen LogP contribution in [0.5, 0.6) is 0 Å². The van der Waals surface area contributed by atoms with Gasteiger partial charge in [-0.2, -0.15) is 0 Å². The Hall–Kier alpha value is 1.92. The van der Waals surface area contributed by atoms with Gasteiger partial charge in [-0.3, -0.25) is 18.3 Å². The predicted molar refractivity (Wildman–Crippen MR) is 391 cm³/mol. The van der Waals surface area contributed by atoms with Gasteiger partial charge in [0.1, 0.15) is 60.8 Å². The average Bonchev–Trinajstić information content (AvgIpc) is 1.45. The van der Waals surface area contributed by atoms with Gasteiger partial charge in [-0.05, 0) is 77.0 Å². The summed E-state index contributed by atoms with van der Waals surface area (Å²) in [6, 6.07) is 0. The summed E-state index contributed by atoms with van der Waals surface area (Å²) >= 11 is 0. The summed E-state index contributed by atoms with van der Waals surface area (Å²) < 4.78 is 164. The first-order valence-electron chi connectivity index (χ1n) is 32.5. The molecule has 12 atom stereocenters. The first-order valence-corrected chi connectivity index (χ1v) is 57.0. The normalized spacial score (nSPS) is 17.7. The summed E-state index contributed by atoms with van der Waals surface area (Å²) in [6.07, 6.45) is 16.8. The fraction of sp³-hybridized carbons (Fsp3) is 1.00. The maximum absolute atomic E-state index is 10.7. The number of unbranched alkanes of at least 4 members (excludes halogenated alkanes) is 6. The first kappa shape index (κ1) is 127. The van der Waals surface area contributed by atoms with Crippen LogP contribution in [-0.4, -0.2) is 177 Å². The Morgan fingerprint density at radius 2 is 0.374 bits per heavy atom. The smallest absolute Gasteiger partial charge is 0.327 e. The van der Waals surface area contributed by atoms with Crippen molar-refractivity contribution in [2.24, 2.45) is 0 Å². The molecule has 0 aliphatic rings. The lowest BCUT2D eigenvalue weighted by atomic mass is 10.4. The van der Waals surface area contributed by atoms with Crippen LogP contribution >= 0.6 is 90.5 Å². The quantitative estimate of drug-likeness (QED) is 0.0328. The molecule has 45 heteroatoms. The molecule has 99 heavy (non-hydrogen) atoms. The summed E-state index contributed by atoms with van der Waals surface area (Å²) in [5.41, 5.74) is 0. The van der Waals surface area contributed by atoms with Gasteiger partial charge in [0, 0.05) is 105 Å². The topological polar surface area (TPSA) is 553 Å². The van der Waals surface area contributed by atoms with Crippen molar-refractivity contribution in [3.05, 3.63) is 0 Å². The van der Waals surface area contributed by atoms with Crippen LogP contribution in [0.2, 0.25) is 0 Å². The van der Waals surface area contributed by atoms with Gasteiger partial charge in [-0.25, -0.2) is 0 Å². The van der Waals surface area contributed by atoms with Crippen molar-refractivity contribution in [1.29, 1.82) is 0 Å². The van der Waals surface area contributed by atoms with E-state index in [4.69, 9.17) is 19.6 Å². The van der Waals surface area contributed by atoms with Crippen molar-refractivity contribution >= 4 is 90.5 Å². The van der Waals surface area contributed by atoms with Crippen LogP contribution in [0.1, 0.15) is 199 Å². The molecular formula is C54H136O33P12-8. The zero-order chi connectivity index (χ0) is 81.6. The van der Waals surface area contributed by atoms with Crippen molar-refractivity contribution in [3.63, 3.8) is 0 Å². The molecule has 0 radical (unpaired) electrons. The van der Waals surface area contributed by atoms with Crippen LogP contribution in [0.4, 0.5) is 0 Å². The highest BCUT2D eigenvalue weighted by atomic mass is 31.2. The van der Waals surface area contributed by atoms with Gasteiger partial charge in [0.15, 0.2) is 22.1 Å². The monoisotopic (exact) mass is 1680 g/mol. The molecule has 0 aromatic rings. The predicted octanol–water partition coefficient (Wildman–Crippen LogP) is 12.2. The molecule has 0 heterocycles. The van der Waals surface area contributed by atoms with E-state index in [2.05, 4.69) is 40.7 Å². The first-order chi connectivity index (χ1) is 44.3. The largest absolute Gasteiger partial charge is 0.779 e. The van der Waals surface area contributed by atoms with Gasteiger partial charge in [0.25, 0.3) is 0 Å². The minimum atomic E-state index is -3.45. The zero-order valence-electron chi connectivity index (χ0n) is 64.2. The zero-order valence-corrected chi connectivity index (χ0v) is 74.9. The van der Waals surface area contributed by atoms with Crippen molar-refractivity contribution < 1.29 is 154 Å². The van der Waals surface area contributed by atoms with Gasteiger partial charge >= 0.3 is 7.60 Å². The molecule has 4 N–H and O–H groups in total. The number of hydrogen-bond acceptors (Lipinski definition) is 29. The van der Waals surface area contributed by atoms with Gasteiger partial charge in [-0.1, -0.05) is 122 Å². The van der Waals surface area contributed by atoms with E-state index in [1.54, 1.807) is 0 Å². The summed E-state index contributed by atoms with van der Waals surface area (Å²) in [4.78, 5) is 117. The molecule has 0 saturated heterocycles. The standard InChI is InChI=1S/5C5H13O3P.C5H13O2P.4C4H11O3P.2C4H11O2P/c4*1-3-4-5-8-9(2,6)7;1-3-4-5-9(6,7)8-2;1-3-4-5-8(2,6)7;4*1-3-4-7-8(2,5)6;2*1-3-4-7(2,5)6/h5*3-5H2,1-2H3,(H,6,7);3-5H2,1-2H3,(H,6,7);4*3-4H2,1-2H3,(H,5,6);2*3-4H2,1-2H3,(H,5,6)/p-8. The van der Waals surface area contributed by atoms with E-state index in [9.17, 15) is 93.9 Å². The lowest BCUT2D eigenvalue weighted by molar-refractivity contribution is -0.197. The highest BCUT2D eigenvalue weighted by Gasteiger charge is 2.14. The fourth-order valence-electron chi connectivity index (χ4n) is 4.26. The SMILES string of the molecule is CCCCOP(C)(=O)[O-].CCCCOP(C)(=O)[O-].CCCCOP(C)(=O)[O-].CCCCOP(C)(=O)[O-].CCCCP(=O)(O)OC.CCCCP(C)(=O)O.CCCOP(C)(=O)[O-].CCCOP(C)(=O)[O-].CCCOP(C)(=O)[O-].CCCOP(C)(=O)[O-].CCCP(C)(=O)O.CCCP(C)(=O)O. The van der Waals surface area contributed by atoms with Gasteiger partial charge in [0.05, 0.1) is 52.9 Å². The Labute approximate surface area is 598 Å². The van der Waals surface area contributed by atoms with Gasteiger partial charge in [-0.15, -0.1) is 0 Å². The summed E-state index contributed by atoms with van der Waals surface area (Å²) in [6.45, 7) is 38.4. The lowest BCUT2D eigenvalue weighted by Gasteiger charge is -2.16. The van der Waals surface area contributed by atoms with Crippen molar-refractivity contribution in [2.45, 2.75) is 199 Å². The van der Waals surface area contributed by atoms with E-state index in [0.717, 1.165) is 169 Å². The third kappa shape index (κ3) is 214. The lowest BCUT2D eigenvalue weighted by Crippen LogP contribution is -2.03. The summed E-state index contributed by atoms with van der Waals surface area (Å²) in [5.74, 6) is 0. The second-order valence-electron chi connectivity index (χ2n) is 21.8. The van der Waals surface area contributed by atoms with E-state index in [0.29, 0.717) is 71.3 Å². The summed E-state index contributed by atoms with van der Waals surface area (Å²) in [5, 5.41) is 0. The molecule has 0 aromatic heterocycles. The second-order valence-corrected chi connectivity index (χ2v) is 46.0. The third-order valence-corrected chi connectivity index (χ3v) is 19.1. The molecule has 12 unspecified atom stereocenters. The molecule has 0 aliphatic carbocycles. The van der Waals surface area contributed by atoms with E-state index in [1.807, 2.05) is 83.1 Å². The van der Waals surface area contributed by atoms with Crippen LogP contribution < -0.4 is 39.1 Å². The Kier molecular flexibility index (Phi) is 98.7.